The number of nitrogens with zero attached hydrogens (tertiary/aromatic N) is 4. The van der Waals surface area contributed by atoms with Gasteiger partial charge in [0.05, 0.1) is 5.71 Å². The second-order valence-corrected chi connectivity index (χ2v) is 10.4. The van der Waals surface area contributed by atoms with Gasteiger partial charge < -0.3 is 10.3 Å². The lowest BCUT2D eigenvalue weighted by Gasteiger charge is -2.21. The summed E-state index contributed by atoms with van der Waals surface area (Å²) in [6.45, 7) is 12.2. The first-order chi connectivity index (χ1) is 15.3. The first kappa shape index (κ1) is 24.5. The Balaban J connectivity index is 1.42. The summed E-state index contributed by atoms with van der Waals surface area (Å²) in [7, 11) is 3.58. The number of aryl methyl sites for hydroxylation is 1. The van der Waals surface area contributed by atoms with Crippen LogP contribution in [0.5, 0.6) is 0 Å². The lowest BCUT2D eigenvalue weighted by molar-refractivity contribution is 0.285. The fraction of sp³-hybridized carbons (Fsp3) is 0.560. The molecule has 7 heteroatoms. The summed E-state index contributed by atoms with van der Waals surface area (Å²) >= 11 is 1.74. The lowest BCUT2D eigenvalue weighted by atomic mass is 9.89. The second kappa shape index (κ2) is 10.7. The molecule has 3 rings (SSSR count). The summed E-state index contributed by atoms with van der Waals surface area (Å²) in [5, 5.41) is 9.28. The number of hydrazone groups is 2. The Hall–Kier alpha value is -2.12. The van der Waals surface area contributed by atoms with Gasteiger partial charge in [-0.2, -0.15) is 10.2 Å². The van der Waals surface area contributed by atoms with Gasteiger partial charge >= 0.3 is 0 Å². The number of fused-ring (bicyclic) bond motifs is 1. The van der Waals surface area contributed by atoms with E-state index in [1.165, 1.54) is 30.6 Å². The number of benzene rings is 1. The van der Waals surface area contributed by atoms with Crippen LogP contribution >= 0.6 is 11.8 Å². The van der Waals surface area contributed by atoms with Gasteiger partial charge in [-0.1, -0.05) is 48.5 Å². The second-order valence-electron chi connectivity index (χ2n) is 9.29. The van der Waals surface area contributed by atoms with Crippen LogP contribution in [0.4, 0.5) is 0 Å². The third-order valence-corrected chi connectivity index (χ3v) is 7.91. The standard InChI is InChI=1S/C25H38N6S/c1-19-8-10-22(11-9-19)25-16-24(25,4)17-31(18-25)14-7-15-32-23(26-5)30-29-21(3)20(2)12-13-28-27-6/h8-13,27H,7,14-18H2,1-6H3,(H,26,30)/b20-12+,28-13-,29-21+. The van der Waals surface area contributed by atoms with E-state index in [0.29, 0.717) is 10.8 Å². The lowest BCUT2D eigenvalue weighted by Crippen LogP contribution is -2.28. The number of rotatable bonds is 9. The molecule has 1 aliphatic heterocycles. The molecule has 0 radical (unpaired) electrons. The fourth-order valence-corrected chi connectivity index (χ4v) is 5.45. The predicted molar refractivity (Wildman–Crippen MR) is 140 cm³/mol. The van der Waals surface area contributed by atoms with Crippen molar-refractivity contribution in [3.63, 3.8) is 0 Å². The molecule has 0 spiro atoms. The average molecular weight is 455 g/mol. The highest BCUT2D eigenvalue weighted by atomic mass is 32.2. The summed E-state index contributed by atoms with van der Waals surface area (Å²) in [6.07, 6.45) is 6.13. The number of nitrogens with one attached hydrogen (secondary N) is 2. The minimum Gasteiger partial charge on any atom is -0.313 e. The quantitative estimate of drug-likeness (QED) is 0.254. The zero-order valence-electron chi connectivity index (χ0n) is 20.4. The number of hydrogen-bond donors (Lipinski definition) is 2. The first-order valence-corrected chi connectivity index (χ1v) is 12.4. The zero-order valence-corrected chi connectivity index (χ0v) is 21.2. The number of hydrogen-bond acceptors (Lipinski definition) is 6. The van der Waals surface area contributed by atoms with Crippen molar-refractivity contribution in [2.75, 3.05) is 39.5 Å². The van der Waals surface area contributed by atoms with Crippen molar-refractivity contribution in [1.29, 1.82) is 0 Å². The normalized spacial score (nSPS) is 26.5. The van der Waals surface area contributed by atoms with Crippen LogP contribution in [0.2, 0.25) is 0 Å². The van der Waals surface area contributed by atoms with E-state index in [2.05, 4.69) is 69.1 Å². The van der Waals surface area contributed by atoms with Crippen molar-refractivity contribution in [1.82, 2.24) is 15.8 Å². The average Bonchev–Trinajstić information content (AvgIpc) is 3.25. The molecule has 0 bridgehead atoms. The van der Waals surface area contributed by atoms with Crippen molar-refractivity contribution in [2.24, 2.45) is 20.6 Å². The molecule has 1 aromatic carbocycles. The molecule has 1 heterocycles. The molecule has 32 heavy (non-hydrogen) atoms. The Morgan fingerprint density at radius 3 is 2.66 bits per heavy atom. The van der Waals surface area contributed by atoms with Crippen LogP contribution in [0, 0.1) is 12.3 Å². The molecule has 2 aliphatic rings. The third kappa shape index (κ3) is 5.62. The zero-order chi connectivity index (χ0) is 23.2. The van der Waals surface area contributed by atoms with E-state index in [1.54, 1.807) is 25.0 Å². The highest BCUT2D eigenvalue weighted by Crippen LogP contribution is 2.68. The van der Waals surface area contributed by atoms with Crippen LogP contribution in [-0.2, 0) is 5.41 Å². The van der Waals surface area contributed by atoms with Crippen molar-refractivity contribution >= 4 is 28.9 Å². The predicted octanol–water partition coefficient (Wildman–Crippen LogP) is 4.18. The summed E-state index contributed by atoms with van der Waals surface area (Å²) in [5.74, 6) is 1.03. The van der Waals surface area contributed by atoms with E-state index in [1.807, 2.05) is 27.0 Å². The molecule has 1 aromatic rings. The molecule has 0 aromatic heterocycles. The SMILES string of the molecule is CN=C(N/N=C(C)/C(C)=C/C=N\NC)SCCCN1CC2(C)CC2(c2ccc(C)cc2)C1. The molecule has 0 amide bonds. The first-order valence-electron chi connectivity index (χ1n) is 11.4. The van der Waals surface area contributed by atoms with Crippen LogP contribution < -0.4 is 10.9 Å². The number of likely N-dealkylation sites (tertiary alicyclic amines) is 1. The maximum atomic E-state index is 4.46. The van der Waals surface area contributed by atoms with Gasteiger partial charge in [0, 0.05) is 44.6 Å². The van der Waals surface area contributed by atoms with E-state index < -0.39 is 0 Å². The van der Waals surface area contributed by atoms with Gasteiger partial charge in [-0.05, 0) is 62.8 Å². The van der Waals surface area contributed by atoms with E-state index in [4.69, 9.17) is 0 Å². The van der Waals surface area contributed by atoms with Gasteiger partial charge in [0.25, 0.3) is 0 Å². The largest absolute Gasteiger partial charge is 0.313 e. The number of allylic oxidation sites excluding steroid dienone is 2. The van der Waals surface area contributed by atoms with Gasteiger partial charge in [-0.25, -0.2) is 0 Å². The Morgan fingerprint density at radius 2 is 1.97 bits per heavy atom. The molecule has 174 valence electrons. The molecule has 2 unspecified atom stereocenters. The minimum atomic E-state index is 0.376. The molecule has 2 N–H and O–H groups in total. The van der Waals surface area contributed by atoms with E-state index in [9.17, 15) is 0 Å². The van der Waals surface area contributed by atoms with Gasteiger partial charge in [0.15, 0.2) is 5.17 Å². The number of piperidine rings is 1. The maximum Gasteiger partial charge on any atom is 0.176 e. The third-order valence-electron chi connectivity index (χ3n) is 6.87. The van der Waals surface area contributed by atoms with Crippen LogP contribution in [0.1, 0.15) is 44.7 Å². The molecule has 1 aliphatic carbocycles. The van der Waals surface area contributed by atoms with Crippen molar-refractivity contribution in [3.8, 4) is 0 Å². The van der Waals surface area contributed by atoms with Crippen LogP contribution in [-0.4, -0.2) is 61.5 Å². The highest BCUT2D eigenvalue weighted by Gasteiger charge is 2.69. The van der Waals surface area contributed by atoms with Crippen molar-refractivity contribution in [3.05, 3.63) is 47.0 Å². The highest BCUT2D eigenvalue weighted by molar-refractivity contribution is 8.13. The monoisotopic (exact) mass is 454 g/mol. The number of aliphatic imine (C=N–C) groups is 1. The maximum absolute atomic E-state index is 4.46. The summed E-state index contributed by atoms with van der Waals surface area (Å²) < 4.78 is 0. The molecular formula is C25H38N6S. The summed E-state index contributed by atoms with van der Waals surface area (Å²) in [5.41, 5.74) is 11.5. The smallest absolute Gasteiger partial charge is 0.176 e. The van der Waals surface area contributed by atoms with Crippen LogP contribution in [0.15, 0.2) is 51.1 Å². The molecule has 1 saturated carbocycles. The van der Waals surface area contributed by atoms with E-state index in [0.717, 1.165) is 35.2 Å². The molecule has 2 atom stereocenters. The van der Waals surface area contributed by atoms with Crippen molar-refractivity contribution < 1.29 is 0 Å². The van der Waals surface area contributed by atoms with Crippen LogP contribution in [0.25, 0.3) is 0 Å². The Bertz CT molecular complexity index is 904. The molecule has 1 saturated heterocycles. The molecular weight excluding hydrogens is 416 g/mol. The fourth-order valence-electron chi connectivity index (χ4n) is 4.75. The van der Waals surface area contributed by atoms with Crippen LogP contribution in [0.3, 0.4) is 0 Å². The Morgan fingerprint density at radius 1 is 1.22 bits per heavy atom. The minimum absolute atomic E-state index is 0.376. The van der Waals surface area contributed by atoms with E-state index in [-0.39, 0.29) is 0 Å². The summed E-state index contributed by atoms with van der Waals surface area (Å²) in [6, 6.07) is 9.22. The molecule has 6 nitrogen and oxygen atoms in total. The van der Waals surface area contributed by atoms with Gasteiger partial charge in [0.2, 0.25) is 0 Å². The van der Waals surface area contributed by atoms with Gasteiger partial charge in [-0.3, -0.25) is 10.4 Å². The summed E-state index contributed by atoms with van der Waals surface area (Å²) in [4.78, 5) is 7.00. The number of amidine groups is 1. The van der Waals surface area contributed by atoms with Gasteiger partial charge in [-0.15, -0.1) is 0 Å². The Kier molecular flexibility index (Phi) is 8.17. The van der Waals surface area contributed by atoms with E-state index >= 15 is 0 Å². The van der Waals surface area contributed by atoms with Gasteiger partial charge in [0.1, 0.15) is 0 Å². The number of thioether (sulfide) groups is 1. The Labute approximate surface area is 197 Å². The van der Waals surface area contributed by atoms with Crippen molar-refractivity contribution in [2.45, 2.75) is 46.0 Å². The topological polar surface area (TPSA) is 64.4 Å². The molecule has 2 fully saturated rings.